The van der Waals surface area contributed by atoms with Crippen LogP contribution in [0.25, 0.3) is 10.9 Å². The summed E-state index contributed by atoms with van der Waals surface area (Å²) >= 11 is 0. The van der Waals surface area contributed by atoms with Crippen LogP contribution in [0.2, 0.25) is 0 Å². The molecule has 6 heteroatoms. The quantitative estimate of drug-likeness (QED) is 0.590. The standard InChI is InChI=1S/C23H24F2N2O2/c1-5-12-29-21-11-7-10-19-15(21)13-20(22(28)26-23(2,3)4)27(19)14-16-17(24)8-6-9-18(16)25/h5-11,13H,1,12,14H2,2-4H3,(H,26,28). The number of carbonyl (C=O) groups excluding carboxylic acids is 1. The Hall–Kier alpha value is -3.15. The van der Waals surface area contributed by atoms with Crippen LogP contribution in [0.3, 0.4) is 0 Å². The van der Waals surface area contributed by atoms with Gasteiger partial charge < -0.3 is 14.6 Å². The highest BCUT2D eigenvalue weighted by Gasteiger charge is 2.23. The van der Waals surface area contributed by atoms with Crippen LogP contribution in [0.5, 0.6) is 5.75 Å². The zero-order chi connectivity index (χ0) is 21.2. The lowest BCUT2D eigenvalue weighted by Crippen LogP contribution is -2.41. The minimum atomic E-state index is -0.659. The van der Waals surface area contributed by atoms with E-state index in [0.29, 0.717) is 29.0 Å². The van der Waals surface area contributed by atoms with Crippen molar-refractivity contribution in [1.29, 1.82) is 0 Å². The molecule has 0 bridgehead atoms. The molecule has 0 unspecified atom stereocenters. The molecule has 1 amide bonds. The van der Waals surface area contributed by atoms with Crippen molar-refractivity contribution in [3.63, 3.8) is 0 Å². The topological polar surface area (TPSA) is 43.3 Å². The first kappa shape index (κ1) is 20.6. The molecule has 0 saturated heterocycles. The van der Waals surface area contributed by atoms with E-state index in [2.05, 4.69) is 11.9 Å². The third-order valence-corrected chi connectivity index (χ3v) is 4.36. The summed E-state index contributed by atoms with van der Waals surface area (Å²) in [6, 6.07) is 10.8. The lowest BCUT2D eigenvalue weighted by atomic mass is 10.1. The Morgan fingerprint density at radius 1 is 1.17 bits per heavy atom. The maximum absolute atomic E-state index is 14.3. The predicted molar refractivity (Wildman–Crippen MR) is 110 cm³/mol. The van der Waals surface area contributed by atoms with Gasteiger partial charge in [0.25, 0.3) is 5.91 Å². The van der Waals surface area contributed by atoms with Crippen LogP contribution >= 0.6 is 0 Å². The SMILES string of the molecule is C=CCOc1cccc2c1cc(C(=O)NC(C)(C)C)n2Cc1c(F)cccc1F. The highest BCUT2D eigenvalue weighted by atomic mass is 19.1. The van der Waals surface area contributed by atoms with E-state index in [1.54, 1.807) is 34.9 Å². The largest absolute Gasteiger partial charge is 0.489 e. The van der Waals surface area contributed by atoms with Crippen molar-refractivity contribution in [3.05, 3.63) is 78.0 Å². The van der Waals surface area contributed by atoms with Gasteiger partial charge in [-0.15, -0.1) is 0 Å². The Balaban J connectivity index is 2.17. The van der Waals surface area contributed by atoms with Crippen LogP contribution in [0.1, 0.15) is 36.8 Å². The molecule has 0 saturated carbocycles. The number of nitrogens with one attached hydrogen (secondary N) is 1. The van der Waals surface area contributed by atoms with Crippen LogP contribution in [0, 0.1) is 11.6 Å². The lowest BCUT2D eigenvalue weighted by Gasteiger charge is -2.21. The minimum absolute atomic E-state index is 0.104. The number of aromatic nitrogens is 1. The molecule has 0 atom stereocenters. The number of halogens is 2. The van der Waals surface area contributed by atoms with E-state index in [1.807, 2.05) is 20.8 Å². The molecule has 0 aliphatic heterocycles. The van der Waals surface area contributed by atoms with E-state index in [0.717, 1.165) is 0 Å². The second kappa shape index (κ2) is 8.07. The van der Waals surface area contributed by atoms with Gasteiger partial charge in [-0.25, -0.2) is 8.78 Å². The third kappa shape index (κ3) is 4.47. The maximum atomic E-state index is 14.3. The molecule has 0 spiro atoms. The van der Waals surface area contributed by atoms with Crippen molar-refractivity contribution in [2.75, 3.05) is 6.61 Å². The minimum Gasteiger partial charge on any atom is -0.489 e. The smallest absolute Gasteiger partial charge is 0.268 e. The summed E-state index contributed by atoms with van der Waals surface area (Å²) in [6.07, 6.45) is 1.62. The van der Waals surface area contributed by atoms with E-state index >= 15 is 0 Å². The number of hydrogen-bond acceptors (Lipinski definition) is 2. The molecule has 1 N–H and O–H groups in total. The molecule has 0 aliphatic rings. The molecule has 4 nitrogen and oxygen atoms in total. The fourth-order valence-electron chi connectivity index (χ4n) is 3.14. The molecule has 152 valence electrons. The van der Waals surface area contributed by atoms with E-state index in [9.17, 15) is 13.6 Å². The first-order valence-electron chi connectivity index (χ1n) is 9.32. The van der Waals surface area contributed by atoms with Crippen molar-refractivity contribution in [2.24, 2.45) is 0 Å². The number of rotatable bonds is 6. The van der Waals surface area contributed by atoms with Gasteiger partial charge >= 0.3 is 0 Å². The van der Waals surface area contributed by atoms with E-state index < -0.39 is 17.2 Å². The van der Waals surface area contributed by atoms with Gasteiger partial charge in [0, 0.05) is 16.5 Å². The van der Waals surface area contributed by atoms with Crippen molar-refractivity contribution < 1.29 is 18.3 Å². The van der Waals surface area contributed by atoms with Gasteiger partial charge in [-0.3, -0.25) is 4.79 Å². The highest BCUT2D eigenvalue weighted by molar-refractivity contribution is 6.00. The van der Waals surface area contributed by atoms with Crippen molar-refractivity contribution in [1.82, 2.24) is 9.88 Å². The second-order valence-corrected chi connectivity index (χ2v) is 7.81. The molecule has 0 radical (unpaired) electrons. The molecule has 3 aromatic rings. The zero-order valence-electron chi connectivity index (χ0n) is 16.8. The van der Waals surface area contributed by atoms with E-state index in [1.165, 1.54) is 18.2 Å². The summed E-state index contributed by atoms with van der Waals surface area (Å²) in [7, 11) is 0. The van der Waals surface area contributed by atoms with Gasteiger partial charge in [-0.05, 0) is 51.1 Å². The van der Waals surface area contributed by atoms with Gasteiger partial charge in [-0.1, -0.05) is 24.8 Å². The van der Waals surface area contributed by atoms with Crippen LogP contribution in [0.4, 0.5) is 8.78 Å². The molecule has 29 heavy (non-hydrogen) atoms. The van der Waals surface area contributed by atoms with Gasteiger partial charge in [-0.2, -0.15) is 0 Å². The van der Waals surface area contributed by atoms with Crippen molar-refractivity contribution in [2.45, 2.75) is 32.9 Å². The third-order valence-electron chi connectivity index (χ3n) is 4.36. The first-order chi connectivity index (χ1) is 13.7. The highest BCUT2D eigenvalue weighted by Crippen LogP contribution is 2.30. The number of carbonyl (C=O) groups is 1. The van der Waals surface area contributed by atoms with E-state index in [4.69, 9.17) is 4.74 Å². The van der Waals surface area contributed by atoms with Gasteiger partial charge in [0.2, 0.25) is 0 Å². The molecule has 2 aromatic carbocycles. The first-order valence-corrected chi connectivity index (χ1v) is 9.32. The number of nitrogens with zero attached hydrogens (tertiary/aromatic N) is 1. The monoisotopic (exact) mass is 398 g/mol. The molecular formula is C23H24F2N2O2. The predicted octanol–water partition coefficient (Wildman–Crippen LogP) is 5.06. The van der Waals surface area contributed by atoms with Gasteiger partial charge in [0.15, 0.2) is 0 Å². The van der Waals surface area contributed by atoms with Crippen molar-refractivity contribution in [3.8, 4) is 5.75 Å². The molecule has 1 heterocycles. The molecular weight excluding hydrogens is 374 g/mol. The Labute approximate surface area is 168 Å². The number of hydrogen-bond donors (Lipinski definition) is 1. The van der Waals surface area contributed by atoms with E-state index in [-0.39, 0.29) is 18.0 Å². The molecule has 1 aromatic heterocycles. The fraction of sp³-hybridized carbons (Fsp3) is 0.261. The summed E-state index contributed by atoms with van der Waals surface area (Å²) < 4.78 is 35.9. The van der Waals surface area contributed by atoms with Crippen LogP contribution in [-0.4, -0.2) is 22.6 Å². The summed E-state index contributed by atoms with van der Waals surface area (Å²) in [5, 5.41) is 3.60. The summed E-state index contributed by atoms with van der Waals surface area (Å²) in [4.78, 5) is 13.0. The average Bonchev–Trinajstić information content (AvgIpc) is 3.01. The summed E-state index contributed by atoms with van der Waals surface area (Å²) in [5.74, 6) is -1.08. The van der Waals surface area contributed by atoms with Crippen LogP contribution in [-0.2, 0) is 6.54 Å². The lowest BCUT2D eigenvalue weighted by molar-refractivity contribution is 0.0910. The Morgan fingerprint density at radius 3 is 2.45 bits per heavy atom. The summed E-state index contributed by atoms with van der Waals surface area (Å²) in [6.45, 7) is 9.43. The maximum Gasteiger partial charge on any atom is 0.268 e. The molecule has 0 aliphatic carbocycles. The van der Waals surface area contributed by atoms with Crippen LogP contribution < -0.4 is 10.1 Å². The van der Waals surface area contributed by atoms with Crippen molar-refractivity contribution >= 4 is 16.8 Å². The summed E-state index contributed by atoms with van der Waals surface area (Å²) in [5.41, 5.74) is 0.372. The number of amides is 1. The Morgan fingerprint density at radius 2 is 1.83 bits per heavy atom. The number of fused-ring (bicyclic) bond motifs is 1. The Bertz CT molecular complexity index is 1040. The average molecular weight is 398 g/mol. The number of ether oxygens (including phenoxy) is 1. The van der Waals surface area contributed by atoms with Crippen LogP contribution in [0.15, 0.2) is 55.1 Å². The Kier molecular flexibility index (Phi) is 5.73. The second-order valence-electron chi connectivity index (χ2n) is 7.81. The normalized spacial score (nSPS) is 11.5. The van der Waals surface area contributed by atoms with Gasteiger partial charge in [0.1, 0.15) is 29.7 Å². The number of benzene rings is 2. The molecule has 0 fully saturated rings. The fourth-order valence-corrected chi connectivity index (χ4v) is 3.14. The molecule has 3 rings (SSSR count). The van der Waals surface area contributed by atoms with Gasteiger partial charge in [0.05, 0.1) is 12.1 Å². The zero-order valence-corrected chi connectivity index (χ0v) is 16.8.